The van der Waals surface area contributed by atoms with Crippen LogP contribution in [0.1, 0.15) is 11.3 Å². The van der Waals surface area contributed by atoms with Crippen LogP contribution in [0.2, 0.25) is 0 Å². The fourth-order valence-corrected chi connectivity index (χ4v) is 1.26. The van der Waals surface area contributed by atoms with Gasteiger partial charge in [-0.05, 0) is 0 Å². The molecule has 0 aliphatic heterocycles. The number of hydrogen-bond acceptors (Lipinski definition) is 4. The van der Waals surface area contributed by atoms with Gasteiger partial charge in [-0.1, -0.05) is 0 Å². The first-order valence-corrected chi connectivity index (χ1v) is 4.41. The predicted molar refractivity (Wildman–Crippen MR) is 49.6 cm³/mol. The Morgan fingerprint density at radius 3 is 2.62 bits per heavy atom. The molecule has 0 fully saturated rings. The maximum atomic E-state index is 12.0. The van der Waals surface area contributed by atoms with Crippen LogP contribution in [0.3, 0.4) is 0 Å². The predicted octanol–water partition coefficient (Wildman–Crippen LogP) is 2.17. The van der Waals surface area contributed by atoms with Crippen LogP contribution < -0.4 is 10.5 Å². The summed E-state index contributed by atoms with van der Waals surface area (Å²) in [6.45, 7) is 0. The number of nitriles is 1. The van der Waals surface area contributed by atoms with Gasteiger partial charge >= 0.3 is 6.36 Å². The lowest BCUT2D eigenvalue weighted by Crippen LogP contribution is -2.19. The van der Waals surface area contributed by atoms with Crippen LogP contribution in [0, 0.1) is 11.3 Å². The van der Waals surface area contributed by atoms with Crippen molar-refractivity contribution < 1.29 is 17.9 Å². The van der Waals surface area contributed by atoms with E-state index in [9.17, 15) is 13.2 Å². The molecule has 0 radical (unpaired) electrons. The first kappa shape index (κ1) is 12.4. The zero-order chi connectivity index (χ0) is 12.3. The number of alkyl halides is 4. The second-order valence-corrected chi connectivity index (χ2v) is 2.93. The van der Waals surface area contributed by atoms with Crippen LogP contribution in [0.25, 0.3) is 0 Å². The molecule has 1 rings (SSSR count). The van der Waals surface area contributed by atoms with Gasteiger partial charge in [-0.2, -0.15) is 5.26 Å². The van der Waals surface area contributed by atoms with Crippen molar-refractivity contribution in [2.75, 3.05) is 5.73 Å². The van der Waals surface area contributed by atoms with Crippen molar-refractivity contribution in [3.05, 3.63) is 17.5 Å². The second kappa shape index (κ2) is 4.45. The summed E-state index contributed by atoms with van der Waals surface area (Å²) < 4.78 is 39.8. The molecule has 0 saturated heterocycles. The van der Waals surface area contributed by atoms with E-state index in [2.05, 4.69) is 9.72 Å². The normalized spacial score (nSPS) is 10.9. The third-order valence-electron chi connectivity index (χ3n) is 1.61. The number of ether oxygens (including phenoxy) is 1. The highest BCUT2D eigenvalue weighted by Gasteiger charge is 2.33. The molecule has 0 amide bonds. The van der Waals surface area contributed by atoms with Gasteiger partial charge in [-0.25, -0.2) is 4.98 Å². The van der Waals surface area contributed by atoms with Gasteiger partial charge in [0.15, 0.2) is 5.75 Å². The van der Waals surface area contributed by atoms with Crippen molar-refractivity contribution >= 4 is 17.3 Å². The fraction of sp³-hybridized carbons (Fsp3) is 0.250. The molecule has 8 heteroatoms. The minimum Gasteiger partial charge on any atom is -0.403 e. The molecule has 0 spiro atoms. The van der Waals surface area contributed by atoms with E-state index in [0.717, 1.165) is 6.20 Å². The number of halogens is 4. The molecule has 0 saturated carbocycles. The summed E-state index contributed by atoms with van der Waals surface area (Å²) in [5, 5.41) is 8.61. The zero-order valence-electron chi connectivity index (χ0n) is 7.68. The van der Waals surface area contributed by atoms with Gasteiger partial charge in [-0.15, -0.1) is 24.8 Å². The van der Waals surface area contributed by atoms with Crippen LogP contribution in [0.4, 0.5) is 18.9 Å². The Kier molecular flexibility index (Phi) is 3.44. The Morgan fingerprint density at radius 2 is 2.19 bits per heavy atom. The average molecular weight is 252 g/mol. The third-order valence-corrected chi connectivity index (χ3v) is 1.88. The quantitative estimate of drug-likeness (QED) is 0.818. The molecule has 2 N–H and O–H groups in total. The Hall–Kier alpha value is -1.68. The molecule has 0 aromatic carbocycles. The van der Waals surface area contributed by atoms with E-state index in [1.807, 2.05) is 0 Å². The second-order valence-electron chi connectivity index (χ2n) is 2.66. The third kappa shape index (κ3) is 2.67. The molecule has 0 aliphatic rings. The van der Waals surface area contributed by atoms with Gasteiger partial charge in [0.25, 0.3) is 0 Å². The standard InChI is InChI=1S/C8H5ClF3N3O/c9-1-4-6(2-13)15-3-5(14)7(4)16-8(10,11)12/h3H,1,14H2. The van der Waals surface area contributed by atoms with Crippen molar-refractivity contribution in [3.63, 3.8) is 0 Å². The minimum atomic E-state index is -4.90. The summed E-state index contributed by atoms with van der Waals surface area (Å²) in [7, 11) is 0. The Balaban J connectivity index is 3.30. The minimum absolute atomic E-state index is 0.179. The van der Waals surface area contributed by atoms with Crippen molar-refractivity contribution in [1.82, 2.24) is 4.98 Å². The van der Waals surface area contributed by atoms with E-state index in [0.29, 0.717) is 0 Å². The van der Waals surface area contributed by atoms with Crippen LogP contribution in [-0.2, 0) is 5.88 Å². The molecule has 1 aromatic rings. The zero-order valence-corrected chi connectivity index (χ0v) is 8.43. The van der Waals surface area contributed by atoms with Crippen molar-refractivity contribution in [3.8, 4) is 11.8 Å². The number of nitrogen functional groups attached to an aromatic ring is 1. The largest absolute Gasteiger partial charge is 0.573 e. The molecule has 4 nitrogen and oxygen atoms in total. The van der Waals surface area contributed by atoms with Gasteiger partial charge in [0.05, 0.1) is 17.8 Å². The summed E-state index contributed by atoms with van der Waals surface area (Å²) in [6, 6.07) is 1.60. The summed E-state index contributed by atoms with van der Waals surface area (Å²) in [5.41, 5.74) is 4.52. The highest BCUT2D eigenvalue weighted by Crippen LogP contribution is 2.33. The highest BCUT2D eigenvalue weighted by molar-refractivity contribution is 6.17. The maximum absolute atomic E-state index is 12.0. The molecule has 0 aliphatic carbocycles. The lowest BCUT2D eigenvalue weighted by molar-refractivity contribution is -0.274. The summed E-state index contributed by atoms with van der Waals surface area (Å²) in [4.78, 5) is 3.54. The topological polar surface area (TPSA) is 71.9 Å². The van der Waals surface area contributed by atoms with Gasteiger partial charge < -0.3 is 10.5 Å². The Labute approximate surface area is 93.4 Å². The van der Waals surface area contributed by atoms with Crippen LogP contribution >= 0.6 is 11.6 Å². The molecular weight excluding hydrogens is 247 g/mol. The smallest absolute Gasteiger partial charge is 0.403 e. The van der Waals surface area contributed by atoms with Gasteiger partial charge in [0, 0.05) is 5.56 Å². The molecule has 86 valence electrons. The monoisotopic (exact) mass is 251 g/mol. The number of rotatable bonds is 2. The molecule has 1 heterocycles. The van der Waals surface area contributed by atoms with Crippen molar-refractivity contribution in [2.45, 2.75) is 12.2 Å². The number of pyridine rings is 1. The van der Waals surface area contributed by atoms with Crippen LogP contribution in [-0.4, -0.2) is 11.3 Å². The summed E-state index contributed by atoms with van der Waals surface area (Å²) >= 11 is 5.42. The van der Waals surface area contributed by atoms with E-state index in [4.69, 9.17) is 22.6 Å². The number of anilines is 1. The average Bonchev–Trinajstić information content (AvgIpc) is 2.19. The number of nitrogens with zero attached hydrogens (tertiary/aromatic N) is 2. The molecular formula is C8H5ClF3N3O. The van der Waals surface area contributed by atoms with Gasteiger partial charge in [-0.3, -0.25) is 0 Å². The molecule has 0 unspecified atom stereocenters. The maximum Gasteiger partial charge on any atom is 0.573 e. The number of nitrogens with two attached hydrogens (primary N) is 1. The van der Waals surface area contributed by atoms with Crippen LogP contribution in [0.5, 0.6) is 5.75 Å². The molecule has 0 atom stereocenters. The lowest BCUT2D eigenvalue weighted by atomic mass is 10.2. The number of hydrogen-bond donors (Lipinski definition) is 1. The molecule has 0 bridgehead atoms. The number of aromatic nitrogens is 1. The van der Waals surface area contributed by atoms with Gasteiger partial charge in [0.2, 0.25) is 0 Å². The summed E-state index contributed by atoms with van der Waals surface area (Å²) in [6.07, 6.45) is -3.99. The van der Waals surface area contributed by atoms with E-state index < -0.39 is 12.1 Å². The van der Waals surface area contributed by atoms with E-state index in [-0.39, 0.29) is 22.8 Å². The van der Waals surface area contributed by atoms with Gasteiger partial charge in [0.1, 0.15) is 11.8 Å². The van der Waals surface area contributed by atoms with E-state index >= 15 is 0 Å². The first-order chi connectivity index (χ1) is 7.39. The molecule has 1 aromatic heterocycles. The Bertz CT molecular complexity index is 441. The SMILES string of the molecule is N#Cc1ncc(N)c(OC(F)(F)F)c1CCl. The lowest BCUT2D eigenvalue weighted by Gasteiger charge is -2.14. The van der Waals surface area contributed by atoms with Crippen molar-refractivity contribution in [1.29, 1.82) is 5.26 Å². The highest BCUT2D eigenvalue weighted by atomic mass is 35.5. The van der Waals surface area contributed by atoms with Crippen LogP contribution in [0.15, 0.2) is 6.20 Å². The first-order valence-electron chi connectivity index (χ1n) is 3.88. The van der Waals surface area contributed by atoms with E-state index in [1.54, 1.807) is 6.07 Å². The molecule has 16 heavy (non-hydrogen) atoms. The van der Waals surface area contributed by atoms with Crippen molar-refractivity contribution in [2.24, 2.45) is 0 Å². The Morgan fingerprint density at radius 1 is 1.56 bits per heavy atom. The van der Waals surface area contributed by atoms with E-state index in [1.165, 1.54) is 0 Å². The fourth-order valence-electron chi connectivity index (χ4n) is 1.01. The summed E-state index contributed by atoms with van der Waals surface area (Å²) in [5.74, 6) is -1.03.